The van der Waals surface area contributed by atoms with Gasteiger partial charge >= 0.3 is 0 Å². The third-order valence-corrected chi connectivity index (χ3v) is 12.9. The van der Waals surface area contributed by atoms with Crippen molar-refractivity contribution in [1.29, 1.82) is 0 Å². The summed E-state index contributed by atoms with van der Waals surface area (Å²) in [5, 5.41) is 11.4. The lowest BCUT2D eigenvalue weighted by Gasteiger charge is -2.42. The minimum absolute atomic E-state index is 0.0881. The maximum absolute atomic E-state index is 14.9. The fraction of sp³-hybridized carbons (Fsp3) is 0.387. The largest absolute Gasteiger partial charge is 0.496 e. The van der Waals surface area contributed by atoms with E-state index >= 15 is 0 Å². The zero-order valence-electron chi connectivity index (χ0n) is 26.0. The molecule has 1 aromatic carbocycles. The number of ether oxygens (including phenoxy) is 2. The van der Waals surface area contributed by atoms with Crippen molar-refractivity contribution in [3.05, 3.63) is 77.1 Å². The summed E-state index contributed by atoms with van der Waals surface area (Å²) >= 11 is 1.08. The molecule has 0 spiro atoms. The molecule has 4 aromatic rings. The molecule has 228 valence electrons. The van der Waals surface area contributed by atoms with E-state index in [0.29, 0.717) is 17.0 Å². The Morgan fingerprint density at radius 3 is 2.44 bits per heavy atom. The number of rotatable bonds is 10. The Balaban J connectivity index is 1.42. The molecule has 0 aliphatic carbocycles. The van der Waals surface area contributed by atoms with Crippen LogP contribution in [0, 0.1) is 12.7 Å². The highest BCUT2D eigenvalue weighted by atomic mass is 32.1. The Morgan fingerprint density at radius 2 is 1.79 bits per heavy atom. The minimum Gasteiger partial charge on any atom is -0.496 e. The number of methoxy groups -OCH3 is 1. The lowest BCUT2D eigenvalue weighted by atomic mass is 9.98. The van der Waals surface area contributed by atoms with Crippen LogP contribution in [0.5, 0.6) is 10.9 Å². The van der Waals surface area contributed by atoms with Gasteiger partial charge in [0.05, 0.1) is 29.5 Å². The molecule has 3 heterocycles. The van der Waals surface area contributed by atoms with Crippen molar-refractivity contribution in [2.45, 2.75) is 71.9 Å². The minimum atomic E-state index is -1.99. The van der Waals surface area contributed by atoms with E-state index in [0.717, 1.165) is 22.6 Å². The Labute approximate surface area is 257 Å². The summed E-state index contributed by atoms with van der Waals surface area (Å²) in [7, 11) is -0.543. The molecule has 0 saturated heterocycles. The lowest BCUT2D eigenvalue weighted by molar-refractivity contribution is 0.0855. The molecule has 0 atom stereocenters. The molecule has 0 radical (unpaired) electrons. The van der Waals surface area contributed by atoms with E-state index in [4.69, 9.17) is 13.9 Å². The maximum Gasteiger partial charge on any atom is 0.296 e. The molecule has 0 fully saturated rings. The number of benzene rings is 1. The molecule has 1 N–H and O–H groups in total. The van der Waals surface area contributed by atoms with E-state index in [-0.39, 0.29) is 33.1 Å². The number of hydrogen-bond donors (Lipinski definition) is 1. The lowest BCUT2D eigenvalue weighted by Crippen LogP contribution is -2.46. The Hall–Kier alpha value is -3.74. The van der Waals surface area contributed by atoms with E-state index in [1.807, 2.05) is 26.0 Å². The van der Waals surface area contributed by atoms with Crippen molar-refractivity contribution in [3.8, 4) is 22.1 Å². The van der Waals surface area contributed by atoms with E-state index in [2.05, 4.69) is 59.3 Å². The van der Waals surface area contributed by atoms with Crippen LogP contribution in [-0.2, 0) is 16.6 Å². The summed E-state index contributed by atoms with van der Waals surface area (Å²) in [6.45, 7) is 17.2. The first-order chi connectivity index (χ1) is 20.1. The fourth-order valence-electron chi connectivity index (χ4n) is 4.22. The van der Waals surface area contributed by atoms with Gasteiger partial charge in [-0.25, -0.2) is 4.39 Å². The normalized spacial score (nSPS) is 12.2. The number of aromatic nitrogens is 4. The van der Waals surface area contributed by atoms with Crippen molar-refractivity contribution in [3.63, 3.8) is 0 Å². The van der Waals surface area contributed by atoms with E-state index < -0.39 is 25.6 Å². The third-order valence-electron chi connectivity index (χ3n) is 7.50. The standard InChI is InChI=1S/C31H38FN5O4SSi/c1-19-15-21(26-23(32)11-10-12-24(26)39-7)22(17-33-19)27(38)35-28-36-37-29(42-28)40-18-20-13-14-25(34-16-20)31(5,6)41-43(8,9)30(2,3)4/h10-17H,18H2,1-9H3,(H,35,36,38). The summed E-state index contributed by atoms with van der Waals surface area (Å²) in [6, 6.07) is 10.0. The highest BCUT2D eigenvalue weighted by Crippen LogP contribution is 2.41. The van der Waals surface area contributed by atoms with Crippen molar-refractivity contribution in [2.24, 2.45) is 0 Å². The summed E-state index contributed by atoms with van der Waals surface area (Å²) in [4.78, 5) is 22.1. The zero-order valence-corrected chi connectivity index (χ0v) is 27.9. The van der Waals surface area contributed by atoms with Crippen LogP contribution in [0.2, 0.25) is 18.1 Å². The van der Waals surface area contributed by atoms with Gasteiger partial charge in [0.15, 0.2) is 8.32 Å². The number of nitrogens with one attached hydrogen (secondary N) is 1. The second-order valence-electron chi connectivity index (χ2n) is 12.2. The van der Waals surface area contributed by atoms with Gasteiger partial charge in [0.2, 0.25) is 5.13 Å². The fourth-order valence-corrected chi connectivity index (χ4v) is 6.50. The average molecular weight is 624 g/mol. The van der Waals surface area contributed by atoms with Crippen LogP contribution < -0.4 is 14.8 Å². The van der Waals surface area contributed by atoms with Gasteiger partial charge in [-0.05, 0) is 74.5 Å². The number of aryl methyl sites for hydroxylation is 1. The maximum atomic E-state index is 14.9. The SMILES string of the molecule is COc1cccc(F)c1-c1cc(C)ncc1C(=O)Nc1nnc(OCc2ccc(C(C)(C)O[Si](C)(C)C(C)(C)C)nc2)s1. The average Bonchev–Trinajstić information content (AvgIpc) is 3.37. The Morgan fingerprint density at radius 1 is 1.05 bits per heavy atom. The number of nitrogens with zero attached hydrogens (tertiary/aromatic N) is 4. The second-order valence-corrected chi connectivity index (χ2v) is 17.9. The smallest absolute Gasteiger partial charge is 0.296 e. The van der Waals surface area contributed by atoms with Crippen LogP contribution >= 0.6 is 11.3 Å². The summed E-state index contributed by atoms with van der Waals surface area (Å²) in [5.41, 5.74) is 2.49. The molecule has 9 nitrogen and oxygen atoms in total. The first-order valence-electron chi connectivity index (χ1n) is 13.8. The predicted octanol–water partition coefficient (Wildman–Crippen LogP) is 7.54. The predicted molar refractivity (Wildman–Crippen MR) is 169 cm³/mol. The van der Waals surface area contributed by atoms with Gasteiger partial charge in [-0.2, -0.15) is 0 Å². The zero-order chi connectivity index (χ0) is 31.6. The van der Waals surface area contributed by atoms with Crippen molar-refractivity contribution >= 4 is 30.7 Å². The monoisotopic (exact) mass is 623 g/mol. The van der Waals surface area contributed by atoms with Gasteiger partial charge in [-0.15, -0.1) is 5.10 Å². The van der Waals surface area contributed by atoms with Gasteiger partial charge in [-0.3, -0.25) is 20.1 Å². The Bertz CT molecular complexity index is 1600. The highest BCUT2D eigenvalue weighted by Gasteiger charge is 2.42. The molecule has 3 aromatic heterocycles. The topological polar surface area (TPSA) is 108 Å². The van der Waals surface area contributed by atoms with Gasteiger partial charge < -0.3 is 13.9 Å². The van der Waals surface area contributed by atoms with Crippen molar-refractivity contribution in [1.82, 2.24) is 20.2 Å². The summed E-state index contributed by atoms with van der Waals surface area (Å²) in [5.74, 6) is -0.724. The number of carbonyl (C=O) groups excluding carboxylic acids is 1. The number of halogens is 1. The van der Waals surface area contributed by atoms with E-state index in [1.54, 1.807) is 31.3 Å². The second kappa shape index (κ2) is 12.5. The van der Waals surface area contributed by atoms with E-state index in [9.17, 15) is 9.18 Å². The van der Waals surface area contributed by atoms with Gasteiger partial charge in [0, 0.05) is 29.2 Å². The summed E-state index contributed by atoms with van der Waals surface area (Å²) < 4.78 is 32.7. The van der Waals surface area contributed by atoms with Crippen LogP contribution in [0.25, 0.3) is 11.1 Å². The molecule has 1 amide bonds. The van der Waals surface area contributed by atoms with Gasteiger partial charge in [0.1, 0.15) is 18.2 Å². The molecule has 12 heteroatoms. The van der Waals surface area contributed by atoms with Crippen LogP contribution in [0.4, 0.5) is 9.52 Å². The molecule has 0 aliphatic rings. The van der Waals surface area contributed by atoms with Crippen molar-refractivity contribution < 1.29 is 23.1 Å². The molecule has 0 aliphatic heterocycles. The van der Waals surface area contributed by atoms with E-state index in [1.165, 1.54) is 19.4 Å². The number of hydrogen-bond acceptors (Lipinski definition) is 9. The van der Waals surface area contributed by atoms with Crippen LogP contribution in [0.3, 0.4) is 0 Å². The first kappa shape index (κ1) is 32.2. The van der Waals surface area contributed by atoms with Crippen molar-refractivity contribution in [2.75, 3.05) is 12.4 Å². The molecular weight excluding hydrogens is 586 g/mol. The third kappa shape index (κ3) is 7.43. The molecule has 0 bridgehead atoms. The molecular formula is C31H38FN5O4SSi. The number of anilines is 1. The van der Waals surface area contributed by atoms with Crippen LogP contribution in [-0.4, -0.2) is 41.5 Å². The molecule has 4 rings (SSSR count). The molecule has 0 unspecified atom stereocenters. The number of amides is 1. The summed E-state index contributed by atoms with van der Waals surface area (Å²) in [6.07, 6.45) is 3.17. The van der Waals surface area contributed by atoms with Gasteiger partial charge in [-0.1, -0.05) is 38.0 Å². The molecule has 0 saturated carbocycles. The highest BCUT2D eigenvalue weighted by molar-refractivity contribution is 7.17. The number of pyridine rings is 2. The first-order valence-corrected chi connectivity index (χ1v) is 17.6. The molecule has 43 heavy (non-hydrogen) atoms. The van der Waals surface area contributed by atoms with Crippen LogP contribution in [0.15, 0.2) is 48.8 Å². The van der Waals surface area contributed by atoms with Crippen LogP contribution in [0.1, 0.15) is 61.9 Å². The number of carbonyl (C=O) groups is 1. The van der Waals surface area contributed by atoms with Gasteiger partial charge in [0.25, 0.3) is 11.1 Å². The Kier molecular flexibility index (Phi) is 9.33. The quantitative estimate of drug-likeness (QED) is 0.181.